The van der Waals surface area contributed by atoms with E-state index in [1.54, 1.807) is 24.3 Å². The lowest BCUT2D eigenvalue weighted by molar-refractivity contribution is 0.0697. The van der Waals surface area contributed by atoms with Crippen LogP contribution in [-0.4, -0.2) is 42.9 Å². The van der Waals surface area contributed by atoms with Crippen molar-refractivity contribution in [3.05, 3.63) is 70.5 Å². The summed E-state index contributed by atoms with van der Waals surface area (Å²) in [5, 5.41) is 14.2. The number of nitrogens with zero attached hydrogens (tertiary/aromatic N) is 3. The SMILES string of the molecule is Cc1ccc(S(=O)(=O)Nc2ccc(N(C)CCCc3c(C)nn(C)c3C)c(C(=O)O)c2)cc1. The van der Waals surface area contributed by atoms with Crippen molar-refractivity contribution in [3.8, 4) is 0 Å². The maximum Gasteiger partial charge on any atom is 0.337 e. The fourth-order valence-corrected chi connectivity index (χ4v) is 4.88. The molecule has 3 aromatic rings. The summed E-state index contributed by atoms with van der Waals surface area (Å²) in [5.41, 5.74) is 5.07. The number of hydrogen-bond donors (Lipinski definition) is 2. The molecule has 0 aliphatic rings. The Balaban J connectivity index is 1.75. The largest absolute Gasteiger partial charge is 0.478 e. The van der Waals surface area contributed by atoms with Gasteiger partial charge in [-0.1, -0.05) is 17.7 Å². The maximum absolute atomic E-state index is 12.7. The van der Waals surface area contributed by atoms with Gasteiger partial charge in [0.1, 0.15) is 0 Å². The molecule has 0 atom stereocenters. The topological polar surface area (TPSA) is 105 Å². The molecule has 2 N–H and O–H groups in total. The number of anilines is 2. The van der Waals surface area contributed by atoms with Crippen LogP contribution in [0.15, 0.2) is 47.4 Å². The van der Waals surface area contributed by atoms with Crippen LogP contribution >= 0.6 is 0 Å². The molecule has 0 bridgehead atoms. The van der Waals surface area contributed by atoms with Gasteiger partial charge in [0, 0.05) is 32.0 Å². The predicted molar refractivity (Wildman–Crippen MR) is 130 cm³/mol. The molecule has 0 unspecified atom stereocenters. The number of carboxylic acid groups (broad SMARTS) is 1. The Labute approximate surface area is 194 Å². The van der Waals surface area contributed by atoms with Gasteiger partial charge in [-0.15, -0.1) is 0 Å². The van der Waals surface area contributed by atoms with E-state index in [9.17, 15) is 18.3 Å². The summed E-state index contributed by atoms with van der Waals surface area (Å²) in [5.74, 6) is -1.12. The van der Waals surface area contributed by atoms with Crippen molar-refractivity contribution in [2.24, 2.45) is 7.05 Å². The van der Waals surface area contributed by atoms with Gasteiger partial charge < -0.3 is 10.0 Å². The van der Waals surface area contributed by atoms with Crippen LogP contribution in [0.4, 0.5) is 11.4 Å². The lowest BCUT2D eigenvalue weighted by atomic mass is 10.1. The molecule has 2 aromatic carbocycles. The highest BCUT2D eigenvalue weighted by Gasteiger charge is 2.19. The quantitative estimate of drug-likeness (QED) is 0.491. The van der Waals surface area contributed by atoms with E-state index in [1.807, 2.05) is 44.4 Å². The number of carbonyl (C=O) groups is 1. The first-order chi connectivity index (χ1) is 15.5. The minimum Gasteiger partial charge on any atom is -0.478 e. The molecule has 0 saturated heterocycles. The highest BCUT2D eigenvalue weighted by Crippen LogP contribution is 2.26. The molecule has 0 aliphatic heterocycles. The number of carboxylic acids is 1. The van der Waals surface area contributed by atoms with Crippen molar-refractivity contribution in [2.45, 2.75) is 38.5 Å². The summed E-state index contributed by atoms with van der Waals surface area (Å²) < 4.78 is 29.7. The summed E-state index contributed by atoms with van der Waals surface area (Å²) in [6.45, 7) is 6.54. The Morgan fingerprint density at radius 1 is 1.12 bits per heavy atom. The molecular weight excluding hydrogens is 440 g/mol. The van der Waals surface area contributed by atoms with Crippen molar-refractivity contribution >= 4 is 27.4 Å². The molecule has 1 heterocycles. The maximum atomic E-state index is 12.7. The molecule has 1 aromatic heterocycles. The van der Waals surface area contributed by atoms with Gasteiger partial charge in [-0.05, 0) is 69.5 Å². The van der Waals surface area contributed by atoms with Crippen LogP contribution in [0.2, 0.25) is 0 Å². The normalized spacial score (nSPS) is 11.4. The Hall–Kier alpha value is -3.33. The summed E-state index contributed by atoms with van der Waals surface area (Å²) >= 11 is 0. The third-order valence-electron chi connectivity index (χ3n) is 5.80. The zero-order valence-corrected chi connectivity index (χ0v) is 20.4. The molecule has 0 amide bonds. The summed E-state index contributed by atoms with van der Waals surface area (Å²) in [7, 11) is -0.0646. The fourth-order valence-electron chi connectivity index (χ4n) is 3.83. The van der Waals surface area contributed by atoms with Gasteiger partial charge in [-0.3, -0.25) is 9.40 Å². The Kier molecular flexibility index (Phi) is 7.12. The first-order valence-electron chi connectivity index (χ1n) is 10.7. The number of hydrogen-bond acceptors (Lipinski definition) is 5. The number of rotatable bonds is 9. The molecule has 3 rings (SSSR count). The molecule has 0 fully saturated rings. The van der Waals surface area contributed by atoms with Crippen LogP contribution in [0.5, 0.6) is 0 Å². The summed E-state index contributed by atoms with van der Waals surface area (Å²) in [6, 6.07) is 11.0. The first kappa shape index (κ1) is 24.3. The van der Waals surface area contributed by atoms with Crippen LogP contribution in [0.25, 0.3) is 0 Å². The summed E-state index contributed by atoms with van der Waals surface area (Å²) in [4.78, 5) is 13.9. The van der Waals surface area contributed by atoms with Gasteiger partial charge >= 0.3 is 5.97 Å². The second-order valence-corrected chi connectivity index (χ2v) is 9.94. The van der Waals surface area contributed by atoms with E-state index in [0.29, 0.717) is 12.2 Å². The lowest BCUT2D eigenvalue weighted by Gasteiger charge is -2.22. The van der Waals surface area contributed by atoms with Gasteiger partial charge in [0.15, 0.2) is 0 Å². The van der Waals surface area contributed by atoms with Gasteiger partial charge in [0.05, 0.1) is 21.8 Å². The van der Waals surface area contributed by atoms with Crippen LogP contribution in [0, 0.1) is 20.8 Å². The zero-order valence-electron chi connectivity index (χ0n) is 19.6. The molecule has 0 saturated carbocycles. The van der Waals surface area contributed by atoms with Gasteiger partial charge in [0.25, 0.3) is 10.0 Å². The number of sulfonamides is 1. The Bertz CT molecular complexity index is 1260. The van der Waals surface area contributed by atoms with Crippen LogP contribution < -0.4 is 9.62 Å². The average molecular weight is 471 g/mol. The smallest absolute Gasteiger partial charge is 0.337 e. The number of benzene rings is 2. The lowest BCUT2D eigenvalue weighted by Crippen LogP contribution is -2.22. The standard InChI is InChI=1S/C24H30N4O4S/c1-16-8-11-20(12-9-16)33(31,32)26-19-10-13-23(22(15-19)24(29)30)27(4)14-6-7-21-17(2)25-28(5)18(21)3/h8-13,15,26H,6-7,14H2,1-5H3,(H,29,30). The van der Waals surface area contributed by atoms with E-state index in [0.717, 1.165) is 29.8 Å². The van der Waals surface area contributed by atoms with E-state index >= 15 is 0 Å². The van der Waals surface area contributed by atoms with E-state index in [2.05, 4.69) is 9.82 Å². The molecular formula is C24H30N4O4S. The van der Waals surface area contributed by atoms with Crippen LogP contribution in [0.3, 0.4) is 0 Å². The number of aryl methyl sites for hydroxylation is 3. The summed E-state index contributed by atoms with van der Waals surface area (Å²) in [6.07, 6.45) is 1.66. The van der Waals surface area contributed by atoms with Crippen molar-refractivity contribution in [3.63, 3.8) is 0 Å². The zero-order chi connectivity index (χ0) is 24.3. The number of aromatic carboxylic acids is 1. The van der Waals surface area contributed by atoms with Crippen LogP contribution in [-0.2, 0) is 23.5 Å². The van der Waals surface area contributed by atoms with Crippen molar-refractivity contribution in [1.29, 1.82) is 0 Å². The first-order valence-corrected chi connectivity index (χ1v) is 12.1. The molecule has 33 heavy (non-hydrogen) atoms. The third kappa shape index (κ3) is 5.54. The molecule has 9 heteroatoms. The predicted octanol–water partition coefficient (Wildman–Crippen LogP) is 3.91. The minimum atomic E-state index is -3.82. The van der Waals surface area contributed by atoms with E-state index in [4.69, 9.17) is 0 Å². The van der Waals surface area contributed by atoms with E-state index in [-0.39, 0.29) is 16.1 Å². The Morgan fingerprint density at radius 3 is 2.36 bits per heavy atom. The third-order valence-corrected chi connectivity index (χ3v) is 7.20. The molecule has 0 aliphatic carbocycles. The van der Waals surface area contributed by atoms with Crippen molar-refractivity contribution < 1.29 is 18.3 Å². The van der Waals surface area contributed by atoms with Gasteiger partial charge in [-0.25, -0.2) is 13.2 Å². The minimum absolute atomic E-state index is 0.0374. The number of aromatic nitrogens is 2. The molecule has 176 valence electrons. The van der Waals surface area contributed by atoms with E-state index < -0.39 is 16.0 Å². The highest BCUT2D eigenvalue weighted by atomic mass is 32.2. The van der Waals surface area contributed by atoms with Crippen molar-refractivity contribution in [1.82, 2.24) is 9.78 Å². The highest BCUT2D eigenvalue weighted by molar-refractivity contribution is 7.92. The molecule has 0 spiro atoms. The average Bonchev–Trinajstić information content (AvgIpc) is 2.99. The molecule has 0 radical (unpaired) electrons. The Morgan fingerprint density at radius 2 is 1.79 bits per heavy atom. The molecule has 8 nitrogen and oxygen atoms in total. The fraction of sp³-hybridized carbons (Fsp3) is 0.333. The van der Waals surface area contributed by atoms with E-state index in [1.165, 1.54) is 23.8 Å². The monoisotopic (exact) mass is 470 g/mol. The van der Waals surface area contributed by atoms with Gasteiger partial charge in [0.2, 0.25) is 0 Å². The van der Waals surface area contributed by atoms with Crippen molar-refractivity contribution in [2.75, 3.05) is 23.2 Å². The van der Waals surface area contributed by atoms with Gasteiger partial charge in [-0.2, -0.15) is 5.10 Å². The van der Waals surface area contributed by atoms with Crippen LogP contribution in [0.1, 0.15) is 39.3 Å². The second-order valence-electron chi connectivity index (χ2n) is 8.25. The number of nitrogens with one attached hydrogen (secondary N) is 1. The second kappa shape index (κ2) is 9.66.